The van der Waals surface area contributed by atoms with Gasteiger partial charge in [-0.15, -0.1) is 22.7 Å². The third-order valence-electron chi connectivity index (χ3n) is 5.05. The number of amides is 1. The number of carbonyl (C=O) groups excluding carboxylic acids is 1. The van der Waals surface area contributed by atoms with Crippen molar-refractivity contribution in [3.05, 3.63) is 69.1 Å². The van der Waals surface area contributed by atoms with E-state index in [9.17, 15) is 9.59 Å². The molecule has 8 heteroatoms. The van der Waals surface area contributed by atoms with Crippen molar-refractivity contribution in [2.45, 2.75) is 29.3 Å². The Bertz CT molecular complexity index is 1260. The maximum Gasteiger partial charge on any atom is 0.263 e. The third kappa shape index (κ3) is 3.71. The third-order valence-corrected chi connectivity index (χ3v) is 8.12. The van der Waals surface area contributed by atoms with E-state index in [1.54, 1.807) is 23.0 Å². The van der Waals surface area contributed by atoms with Crippen LogP contribution in [0.5, 0.6) is 0 Å². The Morgan fingerprint density at radius 1 is 1.20 bits per heavy atom. The lowest BCUT2D eigenvalue weighted by atomic mass is 10.1. The highest BCUT2D eigenvalue weighted by Crippen LogP contribution is 2.38. The van der Waals surface area contributed by atoms with Crippen LogP contribution in [-0.2, 0) is 11.8 Å². The minimum absolute atomic E-state index is 0.0338. The summed E-state index contributed by atoms with van der Waals surface area (Å²) >= 11 is 4.41. The molecule has 1 aliphatic rings. The van der Waals surface area contributed by atoms with E-state index in [0.29, 0.717) is 15.4 Å². The molecule has 1 aromatic carbocycles. The number of aromatic nitrogens is 2. The minimum atomic E-state index is -0.459. The van der Waals surface area contributed by atoms with E-state index in [2.05, 4.69) is 5.32 Å². The van der Waals surface area contributed by atoms with E-state index in [1.165, 1.54) is 23.1 Å². The molecule has 1 atom stereocenters. The van der Waals surface area contributed by atoms with Gasteiger partial charge in [0.15, 0.2) is 5.16 Å². The number of nitrogens with one attached hydrogen (secondary N) is 1. The van der Waals surface area contributed by atoms with Gasteiger partial charge in [0.25, 0.3) is 5.56 Å². The summed E-state index contributed by atoms with van der Waals surface area (Å²) in [6.07, 6.45) is 2.06. The largest absolute Gasteiger partial charge is 0.352 e. The first kappa shape index (κ1) is 19.5. The summed E-state index contributed by atoms with van der Waals surface area (Å²) in [5.41, 5.74) is 1.75. The van der Waals surface area contributed by atoms with Crippen LogP contribution < -0.4 is 10.9 Å². The van der Waals surface area contributed by atoms with Gasteiger partial charge in [-0.1, -0.05) is 48.2 Å². The van der Waals surface area contributed by atoms with Gasteiger partial charge in [0.2, 0.25) is 5.91 Å². The summed E-state index contributed by atoms with van der Waals surface area (Å²) in [5.74, 6) is -0.0338. The number of fused-ring (bicyclic) bond motifs is 1. The monoisotopic (exact) mass is 453 g/mol. The van der Waals surface area contributed by atoms with Crippen LogP contribution in [0.25, 0.3) is 20.7 Å². The Kier molecular flexibility index (Phi) is 5.22. The second-order valence-corrected chi connectivity index (χ2v) is 10.1. The molecule has 0 radical (unpaired) electrons. The van der Waals surface area contributed by atoms with Crippen LogP contribution in [0.3, 0.4) is 0 Å². The molecular formula is C22H19N3O2S3. The quantitative estimate of drug-likeness (QED) is 0.335. The lowest BCUT2D eigenvalue weighted by molar-refractivity contribution is -0.120. The van der Waals surface area contributed by atoms with Gasteiger partial charge < -0.3 is 5.32 Å². The van der Waals surface area contributed by atoms with Gasteiger partial charge in [-0.3, -0.25) is 14.2 Å². The SMILES string of the molecule is Cn1c(SC(C(=O)NC2CC2)c2ccccc2)nc2scc(-c3cccs3)c2c1=O. The Balaban J connectivity index is 1.55. The fourth-order valence-corrected chi connectivity index (χ4v) is 6.16. The van der Waals surface area contributed by atoms with Gasteiger partial charge in [-0.25, -0.2) is 4.98 Å². The molecular weight excluding hydrogens is 434 g/mol. The molecule has 1 saturated carbocycles. The first-order valence-corrected chi connectivity index (χ1v) is 12.3. The van der Waals surface area contributed by atoms with Crippen molar-refractivity contribution in [2.24, 2.45) is 7.05 Å². The zero-order chi connectivity index (χ0) is 20.7. The van der Waals surface area contributed by atoms with Crippen LogP contribution in [-0.4, -0.2) is 21.5 Å². The molecule has 1 unspecified atom stereocenters. The molecule has 0 saturated heterocycles. The van der Waals surface area contributed by atoms with Crippen LogP contribution in [0.15, 0.2) is 63.2 Å². The van der Waals surface area contributed by atoms with E-state index >= 15 is 0 Å². The standard InChI is InChI=1S/C22H19N3O2S3/c1-25-21(27)17-15(16-8-5-11-28-16)12-29-20(17)24-22(25)30-18(13-6-3-2-4-7-13)19(26)23-14-9-10-14/h2-8,11-12,14,18H,9-10H2,1H3,(H,23,26). The number of nitrogens with zero attached hydrogens (tertiary/aromatic N) is 2. The van der Waals surface area contributed by atoms with Crippen LogP contribution >= 0.6 is 34.4 Å². The summed E-state index contributed by atoms with van der Waals surface area (Å²) in [4.78, 5) is 32.7. The zero-order valence-electron chi connectivity index (χ0n) is 16.2. The number of benzene rings is 1. The second kappa shape index (κ2) is 8.02. The predicted octanol–water partition coefficient (Wildman–Crippen LogP) is 4.84. The molecule has 5 nitrogen and oxygen atoms in total. The number of hydrogen-bond acceptors (Lipinski definition) is 6. The molecule has 1 aliphatic carbocycles. The topological polar surface area (TPSA) is 64.0 Å². The molecule has 30 heavy (non-hydrogen) atoms. The van der Waals surface area contributed by atoms with E-state index in [0.717, 1.165) is 28.8 Å². The van der Waals surface area contributed by atoms with Crippen molar-refractivity contribution in [1.29, 1.82) is 0 Å². The first-order chi connectivity index (χ1) is 14.6. The smallest absolute Gasteiger partial charge is 0.263 e. The molecule has 4 aromatic rings. The first-order valence-electron chi connectivity index (χ1n) is 9.66. The van der Waals surface area contributed by atoms with Crippen molar-refractivity contribution in [1.82, 2.24) is 14.9 Å². The highest BCUT2D eigenvalue weighted by atomic mass is 32.2. The molecule has 3 aromatic heterocycles. The molecule has 1 amide bonds. The van der Waals surface area contributed by atoms with Gasteiger partial charge in [0.1, 0.15) is 10.1 Å². The maximum absolute atomic E-state index is 13.2. The number of thiophene rings is 2. The number of hydrogen-bond donors (Lipinski definition) is 1. The second-order valence-electron chi connectivity index (χ2n) is 7.26. The van der Waals surface area contributed by atoms with Crippen LogP contribution in [0.2, 0.25) is 0 Å². The number of thioether (sulfide) groups is 1. The fourth-order valence-electron chi connectivity index (χ4n) is 3.28. The average Bonchev–Trinajstić information content (AvgIpc) is 3.23. The molecule has 0 aliphatic heterocycles. The Morgan fingerprint density at radius 2 is 2.00 bits per heavy atom. The summed E-state index contributed by atoms with van der Waals surface area (Å²) in [6, 6.07) is 13.9. The van der Waals surface area contributed by atoms with Gasteiger partial charge in [0, 0.05) is 28.9 Å². The summed E-state index contributed by atoms with van der Waals surface area (Å²) in [5, 5.41) is 7.83. The predicted molar refractivity (Wildman–Crippen MR) is 124 cm³/mol. The number of carbonyl (C=O) groups is 1. The van der Waals surface area contributed by atoms with Gasteiger partial charge in [0.05, 0.1) is 5.39 Å². The Labute approximate surface area is 185 Å². The number of rotatable bonds is 6. The lowest BCUT2D eigenvalue weighted by Crippen LogP contribution is -2.30. The fraction of sp³-hybridized carbons (Fsp3) is 0.227. The molecule has 0 bridgehead atoms. The van der Waals surface area contributed by atoms with E-state index < -0.39 is 5.25 Å². The molecule has 1 fully saturated rings. The molecule has 152 valence electrons. The zero-order valence-corrected chi connectivity index (χ0v) is 18.7. The normalized spacial score (nSPS) is 14.7. The van der Waals surface area contributed by atoms with E-state index in [1.807, 2.05) is 53.2 Å². The summed E-state index contributed by atoms with van der Waals surface area (Å²) < 4.78 is 1.57. The molecule has 3 heterocycles. The van der Waals surface area contributed by atoms with Gasteiger partial charge >= 0.3 is 0 Å². The molecule has 5 rings (SSSR count). The van der Waals surface area contributed by atoms with Crippen molar-refractivity contribution in [2.75, 3.05) is 0 Å². The van der Waals surface area contributed by atoms with Crippen LogP contribution in [0, 0.1) is 0 Å². The molecule has 1 N–H and O–H groups in total. The van der Waals surface area contributed by atoms with Crippen LogP contribution in [0.1, 0.15) is 23.7 Å². The van der Waals surface area contributed by atoms with Gasteiger partial charge in [-0.2, -0.15) is 0 Å². The van der Waals surface area contributed by atoms with Crippen molar-refractivity contribution in [3.8, 4) is 10.4 Å². The molecule has 0 spiro atoms. The Morgan fingerprint density at radius 3 is 2.70 bits per heavy atom. The van der Waals surface area contributed by atoms with Crippen molar-refractivity contribution < 1.29 is 4.79 Å². The lowest BCUT2D eigenvalue weighted by Gasteiger charge is -2.17. The Hall–Kier alpha value is -2.42. The highest BCUT2D eigenvalue weighted by molar-refractivity contribution is 8.00. The maximum atomic E-state index is 13.2. The van der Waals surface area contributed by atoms with Crippen molar-refractivity contribution in [3.63, 3.8) is 0 Å². The van der Waals surface area contributed by atoms with Crippen molar-refractivity contribution >= 4 is 50.6 Å². The van der Waals surface area contributed by atoms with Gasteiger partial charge in [-0.05, 0) is 29.9 Å². The van der Waals surface area contributed by atoms with E-state index in [-0.39, 0.29) is 17.5 Å². The highest BCUT2D eigenvalue weighted by Gasteiger charge is 2.30. The van der Waals surface area contributed by atoms with E-state index in [4.69, 9.17) is 4.98 Å². The van der Waals surface area contributed by atoms with Crippen LogP contribution in [0.4, 0.5) is 0 Å². The summed E-state index contributed by atoms with van der Waals surface area (Å²) in [6.45, 7) is 0. The summed E-state index contributed by atoms with van der Waals surface area (Å²) in [7, 11) is 1.73. The minimum Gasteiger partial charge on any atom is -0.352 e. The average molecular weight is 454 g/mol.